The zero-order valence-corrected chi connectivity index (χ0v) is 20.0. The van der Waals surface area contributed by atoms with E-state index in [0.717, 1.165) is 12.8 Å². The summed E-state index contributed by atoms with van der Waals surface area (Å²) in [6, 6.07) is 4.10. The molecule has 1 amide bonds. The van der Waals surface area contributed by atoms with Crippen LogP contribution in [0.5, 0.6) is 5.75 Å². The molecule has 11 heteroatoms. The molecule has 1 aliphatic heterocycles. The standard InChI is InChI=1S/C22H23FN6O4.C2H6/c1-13-25-12-26-29(13)16-10-15(23)5-4-14(16)11-24-19(31)17-18(30)20(32)28-8-9-33-22(21(28)27-17)6-2-3-7-22;1-2/h4-5,10,12,30H,2-3,6-9,11H2,1H3,(H,24,31);1-2H3. The van der Waals surface area contributed by atoms with Gasteiger partial charge in [-0.15, -0.1) is 0 Å². The van der Waals surface area contributed by atoms with Crippen LogP contribution >= 0.6 is 0 Å². The van der Waals surface area contributed by atoms with Gasteiger partial charge < -0.3 is 15.2 Å². The Morgan fingerprint density at radius 1 is 1.29 bits per heavy atom. The van der Waals surface area contributed by atoms with Gasteiger partial charge in [-0.3, -0.25) is 14.2 Å². The average Bonchev–Trinajstić information content (AvgIpc) is 3.51. The minimum Gasteiger partial charge on any atom is -0.501 e. The van der Waals surface area contributed by atoms with E-state index in [9.17, 15) is 19.1 Å². The van der Waals surface area contributed by atoms with Crippen molar-refractivity contribution in [3.8, 4) is 11.4 Å². The SMILES string of the molecule is CC.Cc1ncnn1-c1cc(F)ccc1CNC(=O)c1nc2n(c(=O)c1O)CCOC21CCCC1. The van der Waals surface area contributed by atoms with Gasteiger partial charge in [-0.1, -0.05) is 19.9 Å². The fourth-order valence-electron chi connectivity index (χ4n) is 4.65. The molecule has 0 saturated heterocycles. The van der Waals surface area contributed by atoms with E-state index in [1.807, 2.05) is 13.8 Å². The van der Waals surface area contributed by atoms with Gasteiger partial charge in [0.05, 0.1) is 18.8 Å². The third-order valence-corrected chi connectivity index (χ3v) is 6.31. The average molecular weight is 485 g/mol. The Kier molecular flexibility index (Phi) is 6.97. The first-order valence-electron chi connectivity index (χ1n) is 11.8. The smallest absolute Gasteiger partial charge is 0.296 e. The Morgan fingerprint density at radius 2 is 2.03 bits per heavy atom. The zero-order chi connectivity index (χ0) is 25.2. The number of hydrogen-bond acceptors (Lipinski definition) is 7. The first-order chi connectivity index (χ1) is 16.9. The Labute approximate surface area is 201 Å². The predicted molar refractivity (Wildman–Crippen MR) is 125 cm³/mol. The first kappa shape index (κ1) is 24.5. The molecule has 1 aromatic carbocycles. The summed E-state index contributed by atoms with van der Waals surface area (Å²) in [5.41, 5.74) is -0.701. The molecule has 1 spiro atoms. The normalized spacial score (nSPS) is 15.9. The highest BCUT2D eigenvalue weighted by molar-refractivity contribution is 5.94. The first-order valence-corrected chi connectivity index (χ1v) is 11.8. The van der Waals surface area contributed by atoms with Crippen molar-refractivity contribution in [3.05, 3.63) is 63.6 Å². The van der Waals surface area contributed by atoms with Crippen LogP contribution in [-0.4, -0.2) is 41.9 Å². The summed E-state index contributed by atoms with van der Waals surface area (Å²) in [6.07, 6.45) is 4.65. The summed E-state index contributed by atoms with van der Waals surface area (Å²) in [4.78, 5) is 34.3. The second kappa shape index (κ2) is 9.95. The second-order valence-corrected chi connectivity index (χ2v) is 8.31. The van der Waals surface area contributed by atoms with Crippen LogP contribution in [0.3, 0.4) is 0 Å². The molecule has 5 rings (SSSR count). The van der Waals surface area contributed by atoms with Gasteiger partial charge in [0.2, 0.25) is 5.75 Å². The third-order valence-electron chi connectivity index (χ3n) is 6.31. The minimum absolute atomic E-state index is 0.00503. The largest absolute Gasteiger partial charge is 0.501 e. The second-order valence-electron chi connectivity index (χ2n) is 8.31. The van der Waals surface area contributed by atoms with E-state index in [-0.39, 0.29) is 18.8 Å². The van der Waals surface area contributed by atoms with Crippen molar-refractivity contribution in [1.29, 1.82) is 0 Å². The lowest BCUT2D eigenvalue weighted by Gasteiger charge is -2.35. The van der Waals surface area contributed by atoms with Gasteiger partial charge in [-0.05, 0) is 50.3 Å². The minimum atomic E-state index is -0.711. The molecule has 1 fully saturated rings. The molecule has 1 aliphatic carbocycles. The molecule has 1 saturated carbocycles. The number of benzene rings is 1. The number of amides is 1. The number of aryl methyl sites for hydroxylation is 1. The van der Waals surface area contributed by atoms with Gasteiger partial charge in [0.15, 0.2) is 5.69 Å². The maximum atomic E-state index is 13.9. The molecule has 3 aromatic rings. The van der Waals surface area contributed by atoms with Crippen molar-refractivity contribution in [3.63, 3.8) is 0 Å². The molecule has 2 aromatic heterocycles. The third kappa shape index (κ3) is 4.43. The number of hydrogen-bond donors (Lipinski definition) is 2. The molecule has 3 heterocycles. The van der Waals surface area contributed by atoms with Crippen LogP contribution in [0.2, 0.25) is 0 Å². The topological polar surface area (TPSA) is 124 Å². The molecule has 0 radical (unpaired) electrons. The summed E-state index contributed by atoms with van der Waals surface area (Å²) < 4.78 is 22.8. The fraction of sp³-hybridized carbons (Fsp3) is 0.458. The lowest BCUT2D eigenvalue weighted by atomic mass is 9.99. The van der Waals surface area contributed by atoms with Gasteiger partial charge in [-0.2, -0.15) is 5.10 Å². The monoisotopic (exact) mass is 484 g/mol. The molecule has 35 heavy (non-hydrogen) atoms. The van der Waals surface area contributed by atoms with E-state index in [1.165, 1.54) is 33.8 Å². The van der Waals surface area contributed by atoms with E-state index in [4.69, 9.17) is 4.74 Å². The number of nitrogens with zero attached hydrogens (tertiary/aromatic N) is 5. The highest BCUT2D eigenvalue weighted by Gasteiger charge is 2.44. The number of fused-ring (bicyclic) bond motifs is 2. The number of aromatic nitrogens is 5. The van der Waals surface area contributed by atoms with Crippen LogP contribution in [-0.2, 0) is 23.4 Å². The highest BCUT2D eigenvalue weighted by Crippen LogP contribution is 2.43. The van der Waals surface area contributed by atoms with Crippen LogP contribution in [0.15, 0.2) is 29.3 Å². The van der Waals surface area contributed by atoms with Crippen LogP contribution in [0.1, 0.15) is 67.2 Å². The summed E-state index contributed by atoms with van der Waals surface area (Å²) in [7, 11) is 0. The van der Waals surface area contributed by atoms with Crippen LogP contribution in [0, 0.1) is 12.7 Å². The Bertz CT molecular complexity index is 1300. The predicted octanol–water partition coefficient (Wildman–Crippen LogP) is 2.73. The van der Waals surface area contributed by atoms with Crippen molar-refractivity contribution in [2.24, 2.45) is 0 Å². The van der Waals surface area contributed by atoms with E-state index < -0.39 is 28.6 Å². The molecule has 2 N–H and O–H groups in total. The molecule has 2 aliphatic rings. The van der Waals surface area contributed by atoms with Crippen molar-refractivity contribution in [1.82, 2.24) is 29.6 Å². The number of ether oxygens (including phenoxy) is 1. The van der Waals surface area contributed by atoms with E-state index >= 15 is 0 Å². The lowest BCUT2D eigenvalue weighted by molar-refractivity contribution is -0.0789. The summed E-state index contributed by atoms with van der Waals surface area (Å²) in [5.74, 6) is -0.925. The number of carbonyl (C=O) groups excluding carboxylic acids is 1. The van der Waals surface area contributed by atoms with Gasteiger partial charge >= 0.3 is 0 Å². The number of rotatable bonds is 4. The van der Waals surface area contributed by atoms with Crippen molar-refractivity contribution < 1.29 is 19.0 Å². The Morgan fingerprint density at radius 3 is 2.71 bits per heavy atom. The van der Waals surface area contributed by atoms with Crippen LogP contribution < -0.4 is 10.9 Å². The molecule has 0 bridgehead atoms. The Balaban J connectivity index is 0.00000141. The number of halogens is 1. The Hall–Kier alpha value is -3.60. The molecule has 10 nitrogen and oxygen atoms in total. The summed E-state index contributed by atoms with van der Waals surface area (Å²) in [5, 5.41) is 17.2. The summed E-state index contributed by atoms with van der Waals surface area (Å²) >= 11 is 0. The maximum absolute atomic E-state index is 13.9. The number of aromatic hydroxyl groups is 1. The highest BCUT2D eigenvalue weighted by atomic mass is 19.1. The number of nitrogens with one attached hydrogen (secondary N) is 1. The van der Waals surface area contributed by atoms with Crippen molar-refractivity contribution in [2.45, 2.75) is 65.1 Å². The lowest BCUT2D eigenvalue weighted by Crippen LogP contribution is -2.44. The van der Waals surface area contributed by atoms with Gasteiger partial charge in [0.1, 0.15) is 29.4 Å². The molecule has 0 atom stereocenters. The molecule has 186 valence electrons. The van der Waals surface area contributed by atoms with E-state index in [1.54, 1.807) is 6.92 Å². The number of carbonyl (C=O) groups is 1. The molecular formula is C24H29FN6O4. The van der Waals surface area contributed by atoms with Gasteiger partial charge in [-0.25, -0.2) is 19.0 Å². The quantitative estimate of drug-likeness (QED) is 0.583. The molecule has 0 unspecified atom stereocenters. The van der Waals surface area contributed by atoms with Crippen LogP contribution in [0.4, 0.5) is 4.39 Å². The van der Waals surface area contributed by atoms with E-state index in [0.29, 0.717) is 42.3 Å². The fourth-order valence-corrected chi connectivity index (χ4v) is 4.65. The molecular weight excluding hydrogens is 455 g/mol. The van der Waals surface area contributed by atoms with Gasteiger partial charge in [0, 0.05) is 6.54 Å². The summed E-state index contributed by atoms with van der Waals surface area (Å²) in [6.45, 7) is 6.35. The van der Waals surface area contributed by atoms with Gasteiger partial charge in [0.25, 0.3) is 11.5 Å². The van der Waals surface area contributed by atoms with Crippen LogP contribution in [0.25, 0.3) is 5.69 Å². The maximum Gasteiger partial charge on any atom is 0.296 e. The zero-order valence-electron chi connectivity index (χ0n) is 20.0. The van der Waals surface area contributed by atoms with Crippen molar-refractivity contribution in [2.75, 3.05) is 6.61 Å². The van der Waals surface area contributed by atoms with Crippen molar-refractivity contribution >= 4 is 5.91 Å². The van der Waals surface area contributed by atoms with E-state index in [2.05, 4.69) is 20.4 Å².